The number of pyridine rings is 1. The minimum atomic E-state index is -0.319. The molecule has 0 aliphatic carbocycles. The Bertz CT molecular complexity index is 1080. The molecule has 1 atom stereocenters. The number of aryl methyl sites for hydroxylation is 2. The molecule has 0 unspecified atom stereocenters. The van der Waals surface area contributed by atoms with Crippen LogP contribution in [0.15, 0.2) is 23.0 Å². The first-order chi connectivity index (χ1) is 14.5. The fourth-order valence-corrected chi connectivity index (χ4v) is 4.07. The first-order valence-electron chi connectivity index (χ1n) is 10.3. The second kappa shape index (κ2) is 8.63. The number of aromatic amines is 1. The lowest BCUT2D eigenvalue weighted by Gasteiger charge is -2.37. The number of benzene rings is 1. The highest BCUT2D eigenvalue weighted by atomic mass is 16.5. The minimum absolute atomic E-state index is 0.0959. The Balaban J connectivity index is 1.84. The van der Waals surface area contributed by atoms with Crippen LogP contribution in [0.25, 0.3) is 10.9 Å². The number of tetrazole rings is 1. The van der Waals surface area contributed by atoms with Gasteiger partial charge in [0.1, 0.15) is 6.04 Å². The van der Waals surface area contributed by atoms with Gasteiger partial charge in [-0.05, 0) is 53.9 Å². The first-order valence-corrected chi connectivity index (χ1v) is 10.3. The van der Waals surface area contributed by atoms with Crippen molar-refractivity contribution >= 4 is 10.9 Å². The zero-order chi connectivity index (χ0) is 21.3. The van der Waals surface area contributed by atoms with Crippen molar-refractivity contribution in [2.24, 2.45) is 0 Å². The fraction of sp³-hybridized carbons (Fsp3) is 0.524. The van der Waals surface area contributed by atoms with E-state index in [9.17, 15) is 4.79 Å². The molecule has 1 aromatic carbocycles. The van der Waals surface area contributed by atoms with E-state index in [1.165, 1.54) is 0 Å². The average Bonchev–Trinajstić information content (AvgIpc) is 3.20. The maximum atomic E-state index is 13.3. The van der Waals surface area contributed by atoms with Gasteiger partial charge in [-0.3, -0.25) is 9.69 Å². The van der Waals surface area contributed by atoms with Crippen LogP contribution >= 0.6 is 0 Å². The summed E-state index contributed by atoms with van der Waals surface area (Å²) in [6.07, 6.45) is 0. The summed E-state index contributed by atoms with van der Waals surface area (Å²) in [4.78, 5) is 21.0. The zero-order valence-electron chi connectivity index (χ0n) is 18.1. The van der Waals surface area contributed by atoms with Crippen LogP contribution in [-0.2, 0) is 11.3 Å². The molecule has 0 radical (unpaired) electrons. The Morgan fingerprint density at radius 2 is 1.97 bits per heavy atom. The van der Waals surface area contributed by atoms with Crippen LogP contribution in [0.5, 0.6) is 0 Å². The summed E-state index contributed by atoms with van der Waals surface area (Å²) in [5.41, 5.74) is 3.72. The molecule has 1 fully saturated rings. The molecule has 0 spiro atoms. The van der Waals surface area contributed by atoms with E-state index in [0.29, 0.717) is 24.5 Å². The third-order valence-corrected chi connectivity index (χ3v) is 6.09. The van der Waals surface area contributed by atoms with Crippen molar-refractivity contribution in [1.82, 2.24) is 35.0 Å². The van der Waals surface area contributed by atoms with E-state index in [4.69, 9.17) is 4.74 Å². The molecule has 3 heterocycles. The highest BCUT2D eigenvalue weighted by Crippen LogP contribution is 2.28. The quantitative estimate of drug-likeness (QED) is 0.650. The van der Waals surface area contributed by atoms with E-state index in [-0.39, 0.29) is 11.6 Å². The molecule has 1 saturated heterocycles. The van der Waals surface area contributed by atoms with Crippen molar-refractivity contribution in [3.63, 3.8) is 0 Å². The highest BCUT2D eigenvalue weighted by Gasteiger charge is 2.32. The monoisotopic (exact) mass is 411 g/mol. The second-order valence-corrected chi connectivity index (χ2v) is 8.02. The van der Waals surface area contributed by atoms with Gasteiger partial charge in [-0.2, -0.15) is 0 Å². The number of nitrogens with zero attached hydrogens (tertiary/aromatic N) is 6. The number of nitrogens with one attached hydrogen (secondary N) is 1. The van der Waals surface area contributed by atoms with Gasteiger partial charge in [0, 0.05) is 38.9 Å². The summed E-state index contributed by atoms with van der Waals surface area (Å²) in [5, 5.41) is 13.4. The summed E-state index contributed by atoms with van der Waals surface area (Å²) < 4.78 is 6.96. The standard InChI is InChI=1S/C21H29N7O2/c1-14-5-6-16-13-17(21(29)22-18(16)15(14)2)19(27-9-7-26(3)8-10-27)20-23-24-25-28(20)11-12-30-4/h5-6,13,19H,7-12H2,1-4H3,(H,22,29)/t19-/m1/s1. The molecule has 160 valence electrons. The van der Waals surface area contributed by atoms with E-state index in [1.807, 2.05) is 13.0 Å². The molecule has 9 heteroatoms. The van der Waals surface area contributed by atoms with Gasteiger partial charge in [0.15, 0.2) is 5.82 Å². The van der Waals surface area contributed by atoms with Gasteiger partial charge < -0.3 is 14.6 Å². The highest BCUT2D eigenvalue weighted by molar-refractivity contribution is 5.83. The van der Waals surface area contributed by atoms with Crippen LogP contribution in [0.4, 0.5) is 0 Å². The van der Waals surface area contributed by atoms with Crippen LogP contribution in [0.2, 0.25) is 0 Å². The van der Waals surface area contributed by atoms with Crippen molar-refractivity contribution in [2.75, 3.05) is 46.9 Å². The van der Waals surface area contributed by atoms with Crippen LogP contribution < -0.4 is 5.56 Å². The maximum Gasteiger partial charge on any atom is 0.253 e. The second-order valence-electron chi connectivity index (χ2n) is 8.02. The molecule has 3 aromatic rings. The van der Waals surface area contributed by atoms with Gasteiger partial charge in [-0.1, -0.05) is 12.1 Å². The number of H-pyrrole nitrogens is 1. The summed E-state index contributed by atoms with van der Waals surface area (Å²) in [6, 6.07) is 5.83. The van der Waals surface area contributed by atoms with Gasteiger partial charge in [0.2, 0.25) is 0 Å². The van der Waals surface area contributed by atoms with E-state index in [2.05, 4.69) is 56.4 Å². The fourth-order valence-electron chi connectivity index (χ4n) is 4.07. The zero-order valence-corrected chi connectivity index (χ0v) is 18.1. The summed E-state index contributed by atoms with van der Waals surface area (Å²) in [5.74, 6) is 0.672. The summed E-state index contributed by atoms with van der Waals surface area (Å²) in [7, 11) is 3.77. The molecule has 0 saturated carbocycles. The van der Waals surface area contributed by atoms with Gasteiger partial charge in [-0.15, -0.1) is 5.10 Å². The third kappa shape index (κ3) is 3.88. The number of rotatable bonds is 6. The molecule has 1 N–H and O–H groups in total. The molecule has 0 amide bonds. The predicted octanol–water partition coefficient (Wildman–Crippen LogP) is 1.11. The molecule has 1 aliphatic rings. The molecular formula is C21H29N7O2. The van der Waals surface area contributed by atoms with Gasteiger partial charge in [0.25, 0.3) is 5.56 Å². The molecule has 30 heavy (non-hydrogen) atoms. The normalized spacial score (nSPS) is 16.9. The lowest BCUT2D eigenvalue weighted by molar-refractivity contribution is 0.119. The number of ether oxygens (including phenoxy) is 1. The van der Waals surface area contributed by atoms with Gasteiger partial charge in [0.05, 0.1) is 18.7 Å². The smallest absolute Gasteiger partial charge is 0.253 e. The van der Waals surface area contributed by atoms with Crippen molar-refractivity contribution in [3.05, 3.63) is 51.1 Å². The van der Waals surface area contributed by atoms with E-state index >= 15 is 0 Å². The number of hydrogen-bond acceptors (Lipinski definition) is 7. The number of fused-ring (bicyclic) bond motifs is 1. The van der Waals surface area contributed by atoms with E-state index in [1.54, 1.807) is 11.8 Å². The van der Waals surface area contributed by atoms with Crippen LogP contribution in [0, 0.1) is 13.8 Å². The van der Waals surface area contributed by atoms with Crippen LogP contribution in [-0.4, -0.2) is 81.9 Å². The van der Waals surface area contributed by atoms with Crippen molar-refractivity contribution in [2.45, 2.75) is 26.4 Å². The lowest BCUT2D eigenvalue weighted by Crippen LogP contribution is -2.47. The molecule has 9 nitrogen and oxygen atoms in total. The molecule has 0 bridgehead atoms. The Hall–Kier alpha value is -2.62. The molecule has 4 rings (SSSR count). The molecular weight excluding hydrogens is 382 g/mol. The molecule has 1 aliphatic heterocycles. The number of methoxy groups -OCH3 is 1. The predicted molar refractivity (Wildman–Crippen MR) is 115 cm³/mol. The number of aromatic nitrogens is 5. The largest absolute Gasteiger partial charge is 0.383 e. The SMILES string of the molecule is COCCn1nnnc1[C@@H](c1cc2ccc(C)c(C)c2[nH]c1=O)N1CCN(C)CC1. The first kappa shape index (κ1) is 20.6. The van der Waals surface area contributed by atoms with Gasteiger partial charge in [-0.25, -0.2) is 4.68 Å². The van der Waals surface area contributed by atoms with Crippen molar-refractivity contribution < 1.29 is 4.74 Å². The number of likely N-dealkylation sites (N-methyl/N-ethyl adjacent to an activating group) is 1. The van der Waals surface area contributed by atoms with E-state index < -0.39 is 0 Å². The van der Waals surface area contributed by atoms with E-state index in [0.717, 1.165) is 48.2 Å². The Morgan fingerprint density at radius 1 is 1.20 bits per heavy atom. The minimum Gasteiger partial charge on any atom is -0.383 e. The van der Waals surface area contributed by atoms with Crippen molar-refractivity contribution in [1.29, 1.82) is 0 Å². The number of hydrogen-bond donors (Lipinski definition) is 1. The van der Waals surface area contributed by atoms with Crippen molar-refractivity contribution in [3.8, 4) is 0 Å². The Morgan fingerprint density at radius 3 is 2.70 bits per heavy atom. The Labute approximate surface area is 175 Å². The van der Waals surface area contributed by atoms with Gasteiger partial charge >= 0.3 is 0 Å². The topological polar surface area (TPSA) is 92.2 Å². The number of piperazine rings is 1. The van der Waals surface area contributed by atoms with Crippen LogP contribution in [0.3, 0.4) is 0 Å². The van der Waals surface area contributed by atoms with Crippen LogP contribution in [0.1, 0.15) is 28.6 Å². The average molecular weight is 412 g/mol. The molecule has 2 aromatic heterocycles. The summed E-state index contributed by atoms with van der Waals surface area (Å²) >= 11 is 0. The summed E-state index contributed by atoms with van der Waals surface area (Å²) in [6.45, 7) is 8.66. The third-order valence-electron chi connectivity index (χ3n) is 6.09. The lowest BCUT2D eigenvalue weighted by atomic mass is 10.00. The Kier molecular flexibility index (Phi) is 5.94. The maximum absolute atomic E-state index is 13.3.